The van der Waals surface area contributed by atoms with Crippen LogP contribution in [0.15, 0.2) is 18.2 Å². The van der Waals surface area contributed by atoms with Crippen molar-refractivity contribution in [3.63, 3.8) is 0 Å². The number of rotatable bonds is 2. The van der Waals surface area contributed by atoms with Crippen molar-refractivity contribution in [3.8, 4) is 0 Å². The summed E-state index contributed by atoms with van der Waals surface area (Å²) in [6.45, 7) is 0. The zero-order valence-corrected chi connectivity index (χ0v) is 8.75. The van der Waals surface area contributed by atoms with Gasteiger partial charge in [0.2, 0.25) is 11.8 Å². The molecule has 2 amide bonds. The highest BCUT2D eigenvalue weighted by atomic mass is 16.2. The summed E-state index contributed by atoms with van der Waals surface area (Å²) >= 11 is 0. The highest BCUT2D eigenvalue weighted by molar-refractivity contribution is 5.94. The van der Waals surface area contributed by atoms with Crippen LogP contribution in [0.25, 0.3) is 0 Å². The van der Waals surface area contributed by atoms with Crippen LogP contribution in [0.1, 0.15) is 17.5 Å². The zero-order chi connectivity index (χ0) is 11.5. The highest BCUT2D eigenvalue weighted by Crippen LogP contribution is 2.23. The Balaban J connectivity index is 2.19. The molecule has 5 nitrogen and oxygen atoms in total. The standard InChI is InChI=1S/C11H13N3O2/c12-14-11(16)6-7-1-3-9-8(5-7)2-4-10(15)13-9/h1,3,5H,2,4,6,12H2,(H,13,15)(H,14,16). The second-order valence-corrected chi connectivity index (χ2v) is 3.78. The van der Waals surface area contributed by atoms with Crippen molar-refractivity contribution in [2.24, 2.45) is 5.84 Å². The van der Waals surface area contributed by atoms with Crippen molar-refractivity contribution in [1.82, 2.24) is 5.43 Å². The van der Waals surface area contributed by atoms with Gasteiger partial charge in [0.1, 0.15) is 0 Å². The lowest BCUT2D eigenvalue weighted by molar-refractivity contribution is -0.120. The molecule has 1 heterocycles. The van der Waals surface area contributed by atoms with E-state index >= 15 is 0 Å². The number of nitrogens with two attached hydrogens (primary N) is 1. The number of nitrogens with one attached hydrogen (secondary N) is 2. The van der Waals surface area contributed by atoms with Gasteiger partial charge in [0.15, 0.2) is 0 Å². The van der Waals surface area contributed by atoms with Gasteiger partial charge in [-0.25, -0.2) is 5.84 Å². The summed E-state index contributed by atoms with van der Waals surface area (Å²) in [5.41, 5.74) is 4.90. The normalized spacial score (nSPS) is 13.9. The molecule has 0 fully saturated rings. The topological polar surface area (TPSA) is 84.2 Å². The Kier molecular flexibility index (Phi) is 2.87. The third-order valence-corrected chi connectivity index (χ3v) is 2.59. The van der Waals surface area contributed by atoms with E-state index in [1.54, 1.807) is 0 Å². The van der Waals surface area contributed by atoms with Crippen molar-refractivity contribution in [2.45, 2.75) is 19.3 Å². The van der Waals surface area contributed by atoms with Crippen LogP contribution in [-0.2, 0) is 22.4 Å². The SMILES string of the molecule is NNC(=O)Cc1ccc2c(c1)CCC(=O)N2. The van der Waals surface area contributed by atoms with Crippen molar-refractivity contribution in [3.05, 3.63) is 29.3 Å². The van der Waals surface area contributed by atoms with E-state index in [2.05, 4.69) is 10.7 Å². The van der Waals surface area contributed by atoms with Gasteiger partial charge in [0.05, 0.1) is 6.42 Å². The molecule has 0 radical (unpaired) electrons. The molecule has 0 spiro atoms. The minimum Gasteiger partial charge on any atom is -0.326 e. The van der Waals surface area contributed by atoms with Crippen LogP contribution in [0.2, 0.25) is 0 Å². The average molecular weight is 219 g/mol. The van der Waals surface area contributed by atoms with Gasteiger partial charge in [-0.3, -0.25) is 15.0 Å². The molecular weight excluding hydrogens is 206 g/mol. The Morgan fingerprint density at radius 3 is 3.00 bits per heavy atom. The summed E-state index contributed by atoms with van der Waals surface area (Å²) in [7, 11) is 0. The molecule has 5 heteroatoms. The molecule has 1 aromatic carbocycles. The number of hydrogen-bond acceptors (Lipinski definition) is 3. The maximum Gasteiger partial charge on any atom is 0.238 e. The molecule has 4 N–H and O–H groups in total. The van der Waals surface area contributed by atoms with Crippen LogP contribution < -0.4 is 16.6 Å². The van der Waals surface area contributed by atoms with Crippen molar-refractivity contribution < 1.29 is 9.59 Å². The Morgan fingerprint density at radius 2 is 2.25 bits per heavy atom. The lowest BCUT2D eigenvalue weighted by atomic mass is 9.99. The number of benzene rings is 1. The van der Waals surface area contributed by atoms with E-state index < -0.39 is 0 Å². The van der Waals surface area contributed by atoms with Crippen LogP contribution in [0.4, 0.5) is 5.69 Å². The lowest BCUT2D eigenvalue weighted by Gasteiger charge is -2.17. The fourth-order valence-electron chi connectivity index (χ4n) is 1.78. The lowest BCUT2D eigenvalue weighted by Crippen LogP contribution is -2.31. The molecule has 1 aliphatic rings. The van der Waals surface area contributed by atoms with E-state index in [4.69, 9.17) is 5.84 Å². The van der Waals surface area contributed by atoms with Crippen molar-refractivity contribution >= 4 is 17.5 Å². The van der Waals surface area contributed by atoms with Crippen LogP contribution in [0, 0.1) is 0 Å². The number of carbonyl (C=O) groups is 2. The van der Waals surface area contributed by atoms with E-state index in [0.29, 0.717) is 6.42 Å². The summed E-state index contributed by atoms with van der Waals surface area (Å²) < 4.78 is 0. The Bertz CT molecular complexity index is 443. The molecular formula is C11H13N3O2. The van der Waals surface area contributed by atoms with E-state index in [9.17, 15) is 9.59 Å². The average Bonchev–Trinajstić information content (AvgIpc) is 2.29. The summed E-state index contributed by atoms with van der Waals surface area (Å²) in [5, 5.41) is 2.79. The molecule has 1 aromatic rings. The van der Waals surface area contributed by atoms with Crippen molar-refractivity contribution in [1.29, 1.82) is 0 Å². The molecule has 84 valence electrons. The molecule has 0 unspecified atom stereocenters. The first-order valence-electron chi connectivity index (χ1n) is 5.10. The number of hydrogen-bond donors (Lipinski definition) is 3. The quantitative estimate of drug-likeness (QED) is 0.375. The molecule has 0 saturated heterocycles. The summed E-state index contributed by atoms with van der Waals surface area (Å²) in [6.07, 6.45) is 1.48. The Morgan fingerprint density at radius 1 is 1.44 bits per heavy atom. The van der Waals surface area contributed by atoms with Gasteiger partial charge < -0.3 is 5.32 Å². The maximum atomic E-state index is 11.1. The van der Waals surface area contributed by atoms with Crippen LogP contribution in [0.3, 0.4) is 0 Å². The molecule has 0 aromatic heterocycles. The first kappa shape index (κ1) is 10.6. The summed E-state index contributed by atoms with van der Waals surface area (Å²) in [6, 6.07) is 5.58. The largest absolute Gasteiger partial charge is 0.326 e. The Labute approximate surface area is 93.0 Å². The Hall–Kier alpha value is -1.88. The van der Waals surface area contributed by atoms with Crippen LogP contribution in [-0.4, -0.2) is 11.8 Å². The third-order valence-electron chi connectivity index (χ3n) is 2.59. The van der Waals surface area contributed by atoms with Gasteiger partial charge in [0, 0.05) is 12.1 Å². The van der Waals surface area contributed by atoms with Gasteiger partial charge in [-0.15, -0.1) is 0 Å². The number of anilines is 1. The first-order chi connectivity index (χ1) is 7.69. The number of amides is 2. The van der Waals surface area contributed by atoms with Gasteiger partial charge in [-0.1, -0.05) is 12.1 Å². The van der Waals surface area contributed by atoms with Crippen LogP contribution in [0.5, 0.6) is 0 Å². The zero-order valence-electron chi connectivity index (χ0n) is 8.75. The predicted molar refractivity (Wildman–Crippen MR) is 59.4 cm³/mol. The second-order valence-electron chi connectivity index (χ2n) is 3.78. The second kappa shape index (κ2) is 4.32. The molecule has 1 aliphatic heterocycles. The van der Waals surface area contributed by atoms with Gasteiger partial charge >= 0.3 is 0 Å². The number of aryl methyl sites for hydroxylation is 1. The number of fused-ring (bicyclic) bond motifs is 1. The van der Waals surface area contributed by atoms with Crippen LogP contribution >= 0.6 is 0 Å². The summed E-state index contributed by atoms with van der Waals surface area (Å²) in [4.78, 5) is 22.2. The molecule has 16 heavy (non-hydrogen) atoms. The van der Waals surface area contributed by atoms with Gasteiger partial charge in [0.25, 0.3) is 0 Å². The fraction of sp³-hybridized carbons (Fsp3) is 0.273. The number of hydrazine groups is 1. The highest BCUT2D eigenvalue weighted by Gasteiger charge is 2.15. The minimum atomic E-state index is -0.222. The first-order valence-corrected chi connectivity index (χ1v) is 5.10. The molecule has 0 saturated carbocycles. The third kappa shape index (κ3) is 2.20. The van der Waals surface area contributed by atoms with Crippen molar-refractivity contribution in [2.75, 3.05) is 5.32 Å². The minimum absolute atomic E-state index is 0.0416. The maximum absolute atomic E-state index is 11.1. The number of carbonyl (C=O) groups excluding carboxylic acids is 2. The predicted octanol–water partition coefficient (Wildman–Crippen LogP) is 0.104. The molecule has 0 bridgehead atoms. The van der Waals surface area contributed by atoms with E-state index in [1.165, 1.54) is 0 Å². The van der Waals surface area contributed by atoms with E-state index in [-0.39, 0.29) is 18.2 Å². The molecule has 0 atom stereocenters. The van der Waals surface area contributed by atoms with Gasteiger partial charge in [-0.05, 0) is 23.6 Å². The van der Waals surface area contributed by atoms with E-state index in [1.807, 2.05) is 18.2 Å². The fourth-order valence-corrected chi connectivity index (χ4v) is 1.78. The summed E-state index contributed by atoms with van der Waals surface area (Å²) in [5.74, 6) is 4.84. The van der Waals surface area contributed by atoms with E-state index in [0.717, 1.165) is 23.2 Å². The van der Waals surface area contributed by atoms with Gasteiger partial charge in [-0.2, -0.15) is 0 Å². The molecule has 2 rings (SSSR count). The smallest absolute Gasteiger partial charge is 0.238 e. The monoisotopic (exact) mass is 219 g/mol. The molecule has 0 aliphatic carbocycles.